The largest absolute Gasteiger partial charge is 0.465 e. The summed E-state index contributed by atoms with van der Waals surface area (Å²) < 4.78 is 15.1. The lowest BCUT2D eigenvalue weighted by molar-refractivity contribution is 0.194. The van der Waals surface area contributed by atoms with Gasteiger partial charge in [0.15, 0.2) is 0 Å². The predicted octanol–water partition coefficient (Wildman–Crippen LogP) is 3.97. The highest BCUT2D eigenvalue weighted by atomic mass is 19.1. The number of benzene rings is 1. The normalized spacial score (nSPS) is 10.9. The minimum atomic E-state index is -1.08. The summed E-state index contributed by atoms with van der Waals surface area (Å²) in [6.07, 6.45) is 4.11. The van der Waals surface area contributed by atoms with Gasteiger partial charge in [-0.3, -0.25) is 4.98 Å². The van der Waals surface area contributed by atoms with E-state index in [1.165, 1.54) is 12.1 Å². The highest BCUT2D eigenvalue weighted by Gasteiger charge is 2.16. The number of hydrogen-bond donors (Lipinski definition) is 2. The molecule has 134 valence electrons. The maximum Gasteiger partial charge on any atom is 0.404 e. The molecule has 2 N–H and O–H groups in total. The SMILES string of the molecule is O=C(O)NCc1ccc2c(-c3ccncc3)c(-c3ccc(F)cc3)nn2c1. The van der Waals surface area contributed by atoms with Crippen LogP contribution in [0.5, 0.6) is 0 Å². The second kappa shape index (κ2) is 6.87. The molecule has 0 spiro atoms. The Bertz CT molecular complexity index is 1110. The Balaban J connectivity index is 1.89. The van der Waals surface area contributed by atoms with Crippen molar-refractivity contribution in [3.8, 4) is 22.4 Å². The van der Waals surface area contributed by atoms with E-state index < -0.39 is 6.09 Å². The Hall–Kier alpha value is -3.74. The van der Waals surface area contributed by atoms with Crippen LogP contribution in [-0.4, -0.2) is 25.8 Å². The third-order valence-electron chi connectivity index (χ3n) is 4.22. The number of carbonyl (C=O) groups is 1. The van der Waals surface area contributed by atoms with Crippen molar-refractivity contribution in [2.24, 2.45) is 0 Å². The number of fused-ring (bicyclic) bond motifs is 1. The minimum absolute atomic E-state index is 0.182. The van der Waals surface area contributed by atoms with E-state index >= 15 is 0 Å². The third-order valence-corrected chi connectivity index (χ3v) is 4.22. The average molecular weight is 362 g/mol. The number of rotatable bonds is 4. The summed E-state index contributed by atoms with van der Waals surface area (Å²) in [5, 5.41) is 15.8. The molecule has 0 aliphatic carbocycles. The van der Waals surface area contributed by atoms with Gasteiger partial charge in [0.2, 0.25) is 0 Å². The van der Waals surface area contributed by atoms with E-state index in [4.69, 9.17) is 5.11 Å². The lowest BCUT2D eigenvalue weighted by Crippen LogP contribution is -2.20. The van der Waals surface area contributed by atoms with Crippen LogP contribution >= 0.6 is 0 Å². The van der Waals surface area contributed by atoms with Crippen LogP contribution in [0.15, 0.2) is 67.1 Å². The molecule has 0 unspecified atom stereocenters. The predicted molar refractivity (Wildman–Crippen MR) is 98.7 cm³/mol. The highest BCUT2D eigenvalue weighted by molar-refractivity contribution is 5.92. The first-order valence-corrected chi connectivity index (χ1v) is 8.26. The Morgan fingerprint density at radius 1 is 1.04 bits per heavy atom. The first kappa shape index (κ1) is 16.7. The van der Waals surface area contributed by atoms with E-state index in [1.807, 2.05) is 24.3 Å². The number of hydrogen-bond acceptors (Lipinski definition) is 3. The van der Waals surface area contributed by atoms with E-state index in [1.54, 1.807) is 35.2 Å². The fourth-order valence-corrected chi connectivity index (χ4v) is 2.99. The van der Waals surface area contributed by atoms with Crippen LogP contribution in [0.2, 0.25) is 0 Å². The Kier molecular flexibility index (Phi) is 4.25. The van der Waals surface area contributed by atoms with Crippen LogP contribution in [-0.2, 0) is 6.54 Å². The van der Waals surface area contributed by atoms with Gasteiger partial charge in [0.05, 0.1) is 5.52 Å². The van der Waals surface area contributed by atoms with Gasteiger partial charge in [-0.05, 0) is 53.6 Å². The Labute approximate surface area is 153 Å². The van der Waals surface area contributed by atoms with Gasteiger partial charge in [-0.15, -0.1) is 0 Å². The number of nitrogens with one attached hydrogen (secondary N) is 1. The van der Waals surface area contributed by atoms with Crippen LogP contribution in [0.1, 0.15) is 5.56 Å². The summed E-state index contributed by atoms with van der Waals surface area (Å²) in [6.45, 7) is 0.182. The summed E-state index contributed by atoms with van der Waals surface area (Å²) >= 11 is 0. The first-order chi connectivity index (χ1) is 13.1. The van der Waals surface area contributed by atoms with Crippen LogP contribution < -0.4 is 5.32 Å². The second-order valence-electron chi connectivity index (χ2n) is 5.99. The average Bonchev–Trinajstić information content (AvgIpc) is 3.06. The summed E-state index contributed by atoms with van der Waals surface area (Å²) in [4.78, 5) is 14.8. The van der Waals surface area contributed by atoms with Gasteiger partial charge in [0.25, 0.3) is 0 Å². The fraction of sp³-hybridized carbons (Fsp3) is 0.0500. The maximum absolute atomic E-state index is 13.3. The molecule has 1 aromatic carbocycles. The third kappa shape index (κ3) is 3.35. The lowest BCUT2D eigenvalue weighted by Gasteiger charge is -2.04. The number of nitrogens with zero attached hydrogens (tertiary/aromatic N) is 3. The zero-order valence-electron chi connectivity index (χ0n) is 14.1. The lowest BCUT2D eigenvalue weighted by atomic mass is 10.0. The molecule has 0 fully saturated rings. The molecule has 0 atom stereocenters. The van der Waals surface area contributed by atoms with E-state index in [9.17, 15) is 9.18 Å². The fourth-order valence-electron chi connectivity index (χ4n) is 2.99. The van der Waals surface area contributed by atoms with Crippen LogP contribution in [0, 0.1) is 5.82 Å². The molecule has 6 nitrogen and oxygen atoms in total. The standard InChI is InChI=1S/C20H15FN4O2/c21-16-4-2-15(3-5-16)19-18(14-7-9-22-10-8-14)17-6-1-13(11-23-20(26)27)12-25(17)24-19/h1-10,12,23H,11H2,(H,26,27). The first-order valence-electron chi connectivity index (χ1n) is 8.26. The summed E-state index contributed by atoms with van der Waals surface area (Å²) in [6, 6.07) is 13.7. The van der Waals surface area contributed by atoms with Gasteiger partial charge in [-0.1, -0.05) is 6.07 Å². The molecule has 1 amide bonds. The van der Waals surface area contributed by atoms with Crippen LogP contribution in [0.4, 0.5) is 9.18 Å². The molecular formula is C20H15FN4O2. The summed E-state index contributed by atoms with van der Waals surface area (Å²) in [5.74, 6) is -0.310. The minimum Gasteiger partial charge on any atom is -0.465 e. The van der Waals surface area contributed by atoms with Crippen molar-refractivity contribution in [3.63, 3.8) is 0 Å². The highest BCUT2D eigenvalue weighted by Crippen LogP contribution is 2.35. The van der Waals surface area contributed by atoms with E-state index in [0.717, 1.165) is 27.8 Å². The van der Waals surface area contributed by atoms with E-state index in [2.05, 4.69) is 15.4 Å². The van der Waals surface area contributed by atoms with Gasteiger partial charge in [0.1, 0.15) is 11.5 Å². The number of halogens is 1. The smallest absolute Gasteiger partial charge is 0.404 e. The van der Waals surface area contributed by atoms with E-state index in [-0.39, 0.29) is 12.4 Å². The molecule has 4 aromatic rings. The zero-order chi connectivity index (χ0) is 18.8. The Morgan fingerprint density at radius 3 is 2.48 bits per heavy atom. The number of aromatic nitrogens is 3. The van der Waals surface area contributed by atoms with Crippen molar-refractivity contribution in [1.29, 1.82) is 0 Å². The summed E-state index contributed by atoms with van der Waals surface area (Å²) in [7, 11) is 0. The van der Waals surface area contributed by atoms with Gasteiger partial charge in [0, 0.05) is 36.3 Å². The monoisotopic (exact) mass is 362 g/mol. The van der Waals surface area contributed by atoms with Crippen molar-refractivity contribution >= 4 is 11.6 Å². The van der Waals surface area contributed by atoms with Crippen molar-refractivity contribution in [2.45, 2.75) is 6.54 Å². The molecular weight excluding hydrogens is 347 g/mol. The number of pyridine rings is 2. The maximum atomic E-state index is 13.3. The molecule has 0 aliphatic rings. The molecule has 0 bridgehead atoms. The van der Waals surface area contributed by atoms with Gasteiger partial charge in [-0.25, -0.2) is 13.7 Å². The van der Waals surface area contributed by atoms with Crippen molar-refractivity contribution in [2.75, 3.05) is 0 Å². The molecule has 0 aliphatic heterocycles. The van der Waals surface area contributed by atoms with Crippen molar-refractivity contribution < 1.29 is 14.3 Å². The van der Waals surface area contributed by atoms with E-state index in [0.29, 0.717) is 5.69 Å². The van der Waals surface area contributed by atoms with Crippen molar-refractivity contribution in [3.05, 3.63) is 78.5 Å². The van der Waals surface area contributed by atoms with Crippen molar-refractivity contribution in [1.82, 2.24) is 19.9 Å². The van der Waals surface area contributed by atoms with Gasteiger partial charge >= 0.3 is 6.09 Å². The topological polar surface area (TPSA) is 79.5 Å². The number of amides is 1. The van der Waals surface area contributed by atoms with Crippen LogP contribution in [0.25, 0.3) is 27.9 Å². The van der Waals surface area contributed by atoms with Gasteiger partial charge < -0.3 is 10.4 Å². The van der Waals surface area contributed by atoms with Crippen LogP contribution in [0.3, 0.4) is 0 Å². The molecule has 27 heavy (non-hydrogen) atoms. The molecule has 3 heterocycles. The van der Waals surface area contributed by atoms with Gasteiger partial charge in [-0.2, -0.15) is 5.10 Å². The second-order valence-corrected chi connectivity index (χ2v) is 5.99. The zero-order valence-corrected chi connectivity index (χ0v) is 14.1. The molecule has 0 saturated carbocycles. The molecule has 3 aromatic heterocycles. The molecule has 0 saturated heterocycles. The quantitative estimate of drug-likeness (QED) is 0.576. The Morgan fingerprint density at radius 2 is 1.78 bits per heavy atom. The summed E-state index contributed by atoms with van der Waals surface area (Å²) in [5.41, 5.74) is 4.98. The molecule has 0 radical (unpaired) electrons. The molecule has 7 heteroatoms. The molecule has 4 rings (SSSR count). The number of carboxylic acid groups (broad SMARTS) is 1.